The standard InChI is InChI=1S/C10H6BrFN2O2S/c11-6-3-4(12)1-2-5(6)9-14-7(10(15)16)8(13)17-9/h1-3H,13H2,(H,15,16). The van der Waals surface area contributed by atoms with Crippen molar-refractivity contribution in [2.75, 3.05) is 5.73 Å². The molecular weight excluding hydrogens is 311 g/mol. The van der Waals surface area contributed by atoms with E-state index in [1.165, 1.54) is 18.2 Å². The Hall–Kier alpha value is -1.47. The van der Waals surface area contributed by atoms with E-state index >= 15 is 0 Å². The normalized spacial score (nSPS) is 10.5. The molecule has 0 aliphatic carbocycles. The predicted octanol–water partition coefficient (Wildman–Crippen LogP) is 2.99. The van der Waals surface area contributed by atoms with E-state index in [9.17, 15) is 9.18 Å². The number of rotatable bonds is 2. The monoisotopic (exact) mass is 316 g/mol. The van der Waals surface area contributed by atoms with Crippen LogP contribution in [0.3, 0.4) is 0 Å². The van der Waals surface area contributed by atoms with Gasteiger partial charge in [0.05, 0.1) is 0 Å². The van der Waals surface area contributed by atoms with Crippen LogP contribution in [0.2, 0.25) is 0 Å². The molecule has 0 saturated heterocycles. The first-order chi connectivity index (χ1) is 7.99. The Morgan fingerprint density at radius 2 is 2.24 bits per heavy atom. The number of hydrogen-bond donors (Lipinski definition) is 2. The van der Waals surface area contributed by atoms with Gasteiger partial charge in [-0.15, -0.1) is 0 Å². The number of hydrogen-bond acceptors (Lipinski definition) is 4. The third-order valence-corrected chi connectivity index (χ3v) is 3.59. The third-order valence-electron chi connectivity index (χ3n) is 2.02. The fraction of sp³-hybridized carbons (Fsp3) is 0. The van der Waals surface area contributed by atoms with Gasteiger partial charge in [0.1, 0.15) is 15.8 Å². The van der Waals surface area contributed by atoms with Crippen molar-refractivity contribution in [1.82, 2.24) is 4.98 Å². The molecule has 0 spiro atoms. The molecule has 1 heterocycles. The maximum atomic E-state index is 12.9. The van der Waals surface area contributed by atoms with E-state index in [2.05, 4.69) is 20.9 Å². The number of nitrogens with zero attached hydrogens (tertiary/aromatic N) is 1. The SMILES string of the molecule is Nc1sc(-c2ccc(F)cc2Br)nc1C(=O)O. The van der Waals surface area contributed by atoms with Gasteiger partial charge in [0, 0.05) is 10.0 Å². The Morgan fingerprint density at radius 1 is 1.53 bits per heavy atom. The van der Waals surface area contributed by atoms with Crippen molar-refractivity contribution in [2.45, 2.75) is 0 Å². The molecule has 7 heteroatoms. The molecule has 17 heavy (non-hydrogen) atoms. The quantitative estimate of drug-likeness (QED) is 0.893. The molecule has 2 rings (SSSR count). The molecule has 0 aliphatic heterocycles. The number of nitrogen functional groups attached to an aromatic ring is 1. The molecule has 0 amide bonds. The fourth-order valence-electron chi connectivity index (χ4n) is 1.26. The highest BCUT2D eigenvalue weighted by Crippen LogP contribution is 2.34. The molecule has 3 N–H and O–H groups in total. The molecule has 4 nitrogen and oxygen atoms in total. The minimum atomic E-state index is -1.18. The summed E-state index contributed by atoms with van der Waals surface area (Å²) in [5.74, 6) is -1.56. The maximum Gasteiger partial charge on any atom is 0.357 e. The number of thiazole rings is 1. The van der Waals surface area contributed by atoms with Crippen LogP contribution in [-0.4, -0.2) is 16.1 Å². The lowest BCUT2D eigenvalue weighted by atomic mass is 10.2. The predicted molar refractivity (Wildman–Crippen MR) is 66.6 cm³/mol. The summed E-state index contributed by atoms with van der Waals surface area (Å²) in [5.41, 5.74) is 5.97. The van der Waals surface area contributed by atoms with Crippen LogP contribution in [0.5, 0.6) is 0 Å². The Balaban J connectivity index is 2.53. The molecule has 0 fully saturated rings. The highest BCUT2D eigenvalue weighted by atomic mass is 79.9. The Morgan fingerprint density at radius 3 is 2.76 bits per heavy atom. The molecule has 2 aromatic rings. The van der Waals surface area contributed by atoms with Crippen LogP contribution < -0.4 is 5.73 Å². The van der Waals surface area contributed by atoms with Crippen molar-refractivity contribution in [1.29, 1.82) is 0 Å². The van der Waals surface area contributed by atoms with Gasteiger partial charge >= 0.3 is 5.97 Å². The molecule has 88 valence electrons. The van der Waals surface area contributed by atoms with Crippen LogP contribution in [0.1, 0.15) is 10.5 Å². The highest BCUT2D eigenvalue weighted by Gasteiger charge is 2.17. The van der Waals surface area contributed by atoms with Gasteiger partial charge in [0.15, 0.2) is 5.69 Å². The van der Waals surface area contributed by atoms with Gasteiger partial charge in [0.25, 0.3) is 0 Å². The Kier molecular flexibility index (Phi) is 3.12. The molecular formula is C10H6BrFN2O2S. The van der Waals surface area contributed by atoms with Crippen molar-refractivity contribution in [3.63, 3.8) is 0 Å². The highest BCUT2D eigenvalue weighted by molar-refractivity contribution is 9.10. The van der Waals surface area contributed by atoms with E-state index in [0.717, 1.165) is 11.3 Å². The fourth-order valence-corrected chi connectivity index (χ4v) is 2.80. The second kappa shape index (κ2) is 4.42. The summed E-state index contributed by atoms with van der Waals surface area (Å²) in [6, 6.07) is 4.08. The average molecular weight is 317 g/mol. The van der Waals surface area contributed by atoms with Gasteiger partial charge in [-0.2, -0.15) is 0 Å². The maximum absolute atomic E-state index is 12.9. The van der Waals surface area contributed by atoms with Crippen molar-refractivity contribution < 1.29 is 14.3 Å². The smallest absolute Gasteiger partial charge is 0.357 e. The van der Waals surface area contributed by atoms with E-state index < -0.39 is 5.97 Å². The largest absolute Gasteiger partial charge is 0.476 e. The topological polar surface area (TPSA) is 76.2 Å². The van der Waals surface area contributed by atoms with Gasteiger partial charge in [-0.05, 0) is 34.1 Å². The average Bonchev–Trinajstić information content (AvgIpc) is 2.60. The molecule has 0 aliphatic rings. The number of carboxylic acid groups (broad SMARTS) is 1. The number of benzene rings is 1. The minimum absolute atomic E-state index is 0.128. The number of aromatic nitrogens is 1. The van der Waals surface area contributed by atoms with Crippen LogP contribution in [0.25, 0.3) is 10.6 Å². The number of anilines is 1. The zero-order valence-electron chi connectivity index (χ0n) is 8.28. The zero-order chi connectivity index (χ0) is 12.6. The number of halogens is 2. The van der Waals surface area contributed by atoms with E-state index in [4.69, 9.17) is 10.8 Å². The summed E-state index contributed by atoms with van der Waals surface area (Å²) in [5, 5.41) is 9.40. The lowest BCUT2D eigenvalue weighted by Gasteiger charge is -1.99. The summed E-state index contributed by atoms with van der Waals surface area (Å²) in [4.78, 5) is 14.7. The number of nitrogens with two attached hydrogens (primary N) is 1. The summed E-state index contributed by atoms with van der Waals surface area (Å²) in [7, 11) is 0. The third kappa shape index (κ3) is 2.29. The van der Waals surface area contributed by atoms with Crippen LogP contribution in [0.15, 0.2) is 22.7 Å². The lowest BCUT2D eigenvalue weighted by Crippen LogP contribution is -2.00. The molecule has 0 bridgehead atoms. The van der Waals surface area contributed by atoms with Crippen molar-refractivity contribution in [3.8, 4) is 10.6 Å². The number of carbonyl (C=O) groups is 1. The minimum Gasteiger partial charge on any atom is -0.476 e. The first kappa shape index (κ1) is 12.0. The zero-order valence-corrected chi connectivity index (χ0v) is 10.7. The first-order valence-electron chi connectivity index (χ1n) is 4.44. The van der Waals surface area contributed by atoms with E-state index in [0.29, 0.717) is 15.0 Å². The van der Waals surface area contributed by atoms with Gasteiger partial charge < -0.3 is 10.8 Å². The molecule has 0 radical (unpaired) electrons. The summed E-state index contributed by atoms with van der Waals surface area (Å²) < 4.78 is 13.4. The number of carboxylic acids is 1. The van der Waals surface area contributed by atoms with Gasteiger partial charge in [-0.1, -0.05) is 11.3 Å². The lowest BCUT2D eigenvalue weighted by molar-refractivity contribution is 0.0692. The van der Waals surface area contributed by atoms with Gasteiger partial charge in [0.2, 0.25) is 0 Å². The van der Waals surface area contributed by atoms with E-state index in [1.54, 1.807) is 0 Å². The number of aromatic carboxylic acids is 1. The van der Waals surface area contributed by atoms with E-state index in [1.807, 2.05) is 0 Å². The summed E-state index contributed by atoms with van der Waals surface area (Å²) in [6.07, 6.45) is 0. The Labute approximate surface area is 108 Å². The molecule has 1 aromatic heterocycles. The Bertz CT molecular complexity index is 600. The molecule has 0 unspecified atom stereocenters. The summed E-state index contributed by atoms with van der Waals surface area (Å²) >= 11 is 4.24. The second-order valence-corrected chi connectivity index (χ2v) is 5.05. The molecule has 0 saturated carbocycles. The van der Waals surface area contributed by atoms with Crippen molar-refractivity contribution in [2.24, 2.45) is 0 Å². The van der Waals surface area contributed by atoms with Crippen LogP contribution >= 0.6 is 27.3 Å². The second-order valence-electron chi connectivity index (χ2n) is 3.16. The first-order valence-corrected chi connectivity index (χ1v) is 6.05. The van der Waals surface area contributed by atoms with E-state index in [-0.39, 0.29) is 16.5 Å². The summed E-state index contributed by atoms with van der Waals surface area (Å²) in [6.45, 7) is 0. The molecule has 0 atom stereocenters. The molecule has 1 aromatic carbocycles. The van der Waals surface area contributed by atoms with Crippen molar-refractivity contribution in [3.05, 3.63) is 34.2 Å². The van der Waals surface area contributed by atoms with Crippen molar-refractivity contribution >= 4 is 38.2 Å². The van der Waals surface area contributed by atoms with Gasteiger partial charge in [-0.25, -0.2) is 14.2 Å². The van der Waals surface area contributed by atoms with Crippen LogP contribution in [0.4, 0.5) is 9.39 Å². The van der Waals surface area contributed by atoms with Gasteiger partial charge in [-0.3, -0.25) is 0 Å². The van der Waals surface area contributed by atoms with Crippen LogP contribution in [0, 0.1) is 5.82 Å². The van der Waals surface area contributed by atoms with Crippen LogP contribution in [-0.2, 0) is 0 Å².